The Bertz CT molecular complexity index is 264. The summed E-state index contributed by atoms with van der Waals surface area (Å²) in [5, 5.41) is 8.48. The molecule has 0 spiro atoms. The number of carbonyl (C=O) groups is 1. The fraction of sp³-hybridized carbons (Fsp3) is 0.111. The van der Waals surface area contributed by atoms with E-state index in [0.717, 1.165) is 5.56 Å². The Balaban J connectivity index is 0.00000144. The monoisotopic (exact) mass is 249 g/mol. The Kier molecular flexibility index (Phi) is 6.90. The summed E-state index contributed by atoms with van der Waals surface area (Å²) in [6, 6.07) is 9.24. The zero-order valence-electron chi connectivity index (χ0n) is 7.53. The Morgan fingerprint density at radius 2 is 1.92 bits per heavy atom. The molecule has 64 valence electrons. The van der Waals surface area contributed by atoms with Crippen LogP contribution in [0.4, 0.5) is 0 Å². The third-order valence-electron chi connectivity index (χ3n) is 1.51. The Hall–Kier alpha value is 0.325. The molecule has 0 aliphatic heterocycles. The van der Waals surface area contributed by atoms with Crippen molar-refractivity contribution in [2.45, 2.75) is 6.42 Å². The van der Waals surface area contributed by atoms with Crippen LogP contribution in [0, 0.1) is 6.04 Å². The van der Waals surface area contributed by atoms with Gasteiger partial charge in [-0.1, -0.05) is 35.9 Å². The minimum absolute atomic E-state index is 0. The van der Waals surface area contributed by atoms with E-state index in [-0.39, 0.29) is 64.2 Å². The summed E-state index contributed by atoms with van der Waals surface area (Å²) < 4.78 is 0. The number of hydrogen-bond donors (Lipinski definition) is 2. The standard InChI is InChI=1S/C9H10NO2.Rb/c10-8(9(11)12)6-7-4-2-1-3-5-7;/h1-5H,6,10H2,(H,11,12);/q-1;+1. The first-order chi connectivity index (χ1) is 5.70. The van der Waals surface area contributed by atoms with Crippen molar-refractivity contribution >= 4 is 5.97 Å². The second-order valence-corrected chi connectivity index (χ2v) is 2.49. The number of rotatable bonds is 3. The van der Waals surface area contributed by atoms with Gasteiger partial charge in [0, 0.05) is 0 Å². The Morgan fingerprint density at radius 1 is 1.38 bits per heavy atom. The fourth-order valence-corrected chi connectivity index (χ4v) is 0.891. The quantitative estimate of drug-likeness (QED) is 0.598. The summed E-state index contributed by atoms with van der Waals surface area (Å²) in [7, 11) is 0. The average molecular weight is 250 g/mol. The average Bonchev–Trinajstić information content (AvgIpc) is 2.06. The first kappa shape index (κ1) is 13.3. The van der Waals surface area contributed by atoms with Gasteiger partial charge in [-0.2, -0.15) is 0 Å². The molecule has 0 amide bonds. The molecule has 0 atom stereocenters. The molecule has 3 nitrogen and oxygen atoms in total. The van der Waals surface area contributed by atoms with E-state index in [4.69, 9.17) is 10.8 Å². The molecule has 0 unspecified atom stereocenters. The maximum Gasteiger partial charge on any atom is 1.00 e. The second-order valence-electron chi connectivity index (χ2n) is 2.49. The van der Waals surface area contributed by atoms with Crippen molar-refractivity contribution < 1.29 is 68.1 Å². The van der Waals surface area contributed by atoms with Gasteiger partial charge in [-0.05, 0) is 0 Å². The number of benzene rings is 1. The van der Waals surface area contributed by atoms with Crippen LogP contribution in [-0.2, 0) is 11.2 Å². The van der Waals surface area contributed by atoms with Crippen LogP contribution < -0.4 is 63.9 Å². The van der Waals surface area contributed by atoms with Crippen molar-refractivity contribution in [1.29, 1.82) is 0 Å². The zero-order chi connectivity index (χ0) is 8.97. The van der Waals surface area contributed by atoms with E-state index < -0.39 is 5.97 Å². The second kappa shape index (κ2) is 6.73. The molecule has 0 fully saturated rings. The van der Waals surface area contributed by atoms with Gasteiger partial charge in [0.25, 0.3) is 0 Å². The van der Waals surface area contributed by atoms with Gasteiger partial charge < -0.3 is 10.8 Å². The minimum atomic E-state index is -1.04. The van der Waals surface area contributed by atoms with Crippen LogP contribution in [0.5, 0.6) is 0 Å². The van der Waals surface area contributed by atoms with Gasteiger partial charge in [0.15, 0.2) is 5.97 Å². The van der Waals surface area contributed by atoms with Crippen LogP contribution in [0.15, 0.2) is 30.3 Å². The van der Waals surface area contributed by atoms with Crippen molar-refractivity contribution in [3.8, 4) is 0 Å². The maximum absolute atomic E-state index is 10.3. The van der Waals surface area contributed by atoms with E-state index in [1.165, 1.54) is 0 Å². The van der Waals surface area contributed by atoms with Crippen molar-refractivity contribution in [2.75, 3.05) is 0 Å². The smallest absolute Gasteiger partial charge is 0.502 e. The zero-order valence-corrected chi connectivity index (χ0v) is 12.4. The van der Waals surface area contributed by atoms with Crippen molar-refractivity contribution in [3.63, 3.8) is 0 Å². The van der Waals surface area contributed by atoms with Crippen LogP contribution in [0.1, 0.15) is 5.56 Å². The normalized spacial score (nSPS) is 8.69. The molecule has 1 aromatic rings. The first-order valence-electron chi connectivity index (χ1n) is 3.58. The molecule has 4 heteroatoms. The van der Waals surface area contributed by atoms with Gasteiger partial charge >= 0.3 is 58.2 Å². The van der Waals surface area contributed by atoms with E-state index in [2.05, 4.69) is 0 Å². The van der Waals surface area contributed by atoms with Crippen LogP contribution in [0.25, 0.3) is 0 Å². The van der Waals surface area contributed by atoms with Crippen LogP contribution >= 0.6 is 0 Å². The van der Waals surface area contributed by atoms with Gasteiger partial charge in [-0.25, -0.2) is 6.04 Å². The largest absolute Gasteiger partial charge is 1.00 e. The molecule has 0 saturated heterocycles. The predicted molar refractivity (Wildman–Crippen MR) is 45.2 cm³/mol. The summed E-state index contributed by atoms with van der Waals surface area (Å²) in [5.41, 5.74) is 6.18. The molecule has 13 heavy (non-hydrogen) atoms. The molecule has 3 N–H and O–H groups in total. The number of aliphatic carboxylic acids is 1. The van der Waals surface area contributed by atoms with E-state index in [9.17, 15) is 4.79 Å². The molecule has 0 aliphatic carbocycles. The number of nitrogens with two attached hydrogens (primary N) is 1. The van der Waals surface area contributed by atoms with E-state index in [0.29, 0.717) is 6.42 Å². The summed E-state index contributed by atoms with van der Waals surface area (Å²) in [5.74, 6) is -1.04. The van der Waals surface area contributed by atoms with E-state index in [1.807, 2.05) is 30.3 Å². The molecule has 1 rings (SSSR count). The van der Waals surface area contributed by atoms with Crippen molar-refractivity contribution in [2.24, 2.45) is 5.73 Å². The number of carboxylic acid groups (broad SMARTS) is 1. The number of hydrogen-bond acceptors (Lipinski definition) is 2. The van der Waals surface area contributed by atoms with Crippen LogP contribution in [0.3, 0.4) is 0 Å². The third-order valence-corrected chi connectivity index (χ3v) is 1.51. The topological polar surface area (TPSA) is 63.3 Å². The van der Waals surface area contributed by atoms with E-state index >= 15 is 0 Å². The summed E-state index contributed by atoms with van der Waals surface area (Å²) >= 11 is 0. The van der Waals surface area contributed by atoms with Crippen LogP contribution in [0.2, 0.25) is 0 Å². The molecule has 0 heterocycles. The van der Waals surface area contributed by atoms with E-state index in [1.54, 1.807) is 0 Å². The molecule has 0 bridgehead atoms. The molecular weight excluding hydrogens is 240 g/mol. The molecule has 0 radical (unpaired) electrons. The van der Waals surface area contributed by atoms with Crippen molar-refractivity contribution in [3.05, 3.63) is 41.9 Å². The summed E-state index contributed by atoms with van der Waals surface area (Å²) in [6.07, 6.45) is 0.302. The van der Waals surface area contributed by atoms with Gasteiger partial charge in [0.05, 0.1) is 0 Å². The third kappa shape index (κ3) is 4.93. The molecule has 0 aliphatic rings. The predicted octanol–water partition coefficient (Wildman–Crippen LogP) is -2.19. The summed E-state index contributed by atoms with van der Waals surface area (Å²) in [6.45, 7) is 0. The molecule has 0 saturated carbocycles. The minimum Gasteiger partial charge on any atom is -0.502 e. The van der Waals surface area contributed by atoms with Crippen molar-refractivity contribution in [1.82, 2.24) is 0 Å². The molecular formula is C9H10NO2Rb. The van der Waals surface area contributed by atoms with Gasteiger partial charge in [0.1, 0.15) is 0 Å². The maximum atomic E-state index is 10.3. The first-order valence-corrected chi connectivity index (χ1v) is 3.58. The van der Waals surface area contributed by atoms with Crippen LogP contribution in [-0.4, -0.2) is 11.1 Å². The molecule has 0 aromatic heterocycles. The Morgan fingerprint density at radius 3 is 2.38 bits per heavy atom. The van der Waals surface area contributed by atoms with Gasteiger partial charge in [-0.15, -0.1) is 6.42 Å². The van der Waals surface area contributed by atoms with Gasteiger partial charge in [0.2, 0.25) is 0 Å². The summed E-state index contributed by atoms with van der Waals surface area (Å²) in [4.78, 5) is 10.3. The Labute approximate surface area is 126 Å². The van der Waals surface area contributed by atoms with Gasteiger partial charge in [-0.3, -0.25) is 4.79 Å². The SMILES string of the molecule is N[C-](Cc1ccccc1)C(=O)O.[Rb+]. The molecule has 1 aromatic carbocycles. The number of carboxylic acids is 1. The fourth-order valence-electron chi connectivity index (χ4n) is 0.891.